The summed E-state index contributed by atoms with van der Waals surface area (Å²) in [5, 5.41) is 23.6. The molecule has 0 saturated carbocycles. The topological polar surface area (TPSA) is 98.7 Å². The van der Waals surface area contributed by atoms with Crippen molar-refractivity contribution >= 4 is 11.8 Å². The van der Waals surface area contributed by atoms with Crippen molar-refractivity contribution in [1.29, 1.82) is 0 Å². The SMILES string of the molecule is C[C@@H](CNC(=O)[C@H](O)C(C)(C)CO)NC(=O)c1cc(F)c(F)cc1F. The highest BCUT2D eigenvalue weighted by molar-refractivity contribution is 5.94. The minimum absolute atomic E-state index is 0.103. The van der Waals surface area contributed by atoms with Crippen LogP contribution in [0.3, 0.4) is 0 Å². The minimum atomic E-state index is -1.47. The molecule has 6 nitrogen and oxygen atoms in total. The van der Waals surface area contributed by atoms with Crippen LogP contribution in [0.15, 0.2) is 12.1 Å². The van der Waals surface area contributed by atoms with Crippen molar-refractivity contribution in [2.45, 2.75) is 32.9 Å². The van der Waals surface area contributed by atoms with E-state index in [2.05, 4.69) is 10.6 Å². The summed E-state index contributed by atoms with van der Waals surface area (Å²) in [5.74, 6) is -5.71. The second-order valence-electron chi connectivity index (χ2n) is 6.42. The Morgan fingerprint density at radius 1 is 1.16 bits per heavy atom. The molecule has 0 spiro atoms. The molecular formula is C16H21F3N2O4. The van der Waals surface area contributed by atoms with Gasteiger partial charge in [-0.25, -0.2) is 13.2 Å². The van der Waals surface area contributed by atoms with E-state index in [0.29, 0.717) is 6.07 Å². The number of carbonyl (C=O) groups excluding carboxylic acids is 2. The maximum absolute atomic E-state index is 13.5. The number of rotatable bonds is 7. The van der Waals surface area contributed by atoms with Crippen molar-refractivity contribution in [2.75, 3.05) is 13.2 Å². The first-order valence-corrected chi connectivity index (χ1v) is 7.51. The lowest BCUT2D eigenvalue weighted by molar-refractivity contribution is -0.137. The molecule has 0 aliphatic heterocycles. The highest BCUT2D eigenvalue weighted by Crippen LogP contribution is 2.19. The zero-order valence-electron chi connectivity index (χ0n) is 14.1. The van der Waals surface area contributed by atoms with Gasteiger partial charge in [-0.05, 0) is 13.0 Å². The molecule has 0 radical (unpaired) electrons. The number of aliphatic hydroxyl groups is 2. The van der Waals surface area contributed by atoms with Gasteiger partial charge in [-0.1, -0.05) is 13.8 Å². The predicted octanol–water partition coefficient (Wildman–Crippen LogP) is 0.718. The van der Waals surface area contributed by atoms with Gasteiger partial charge in [-0.2, -0.15) is 0 Å². The summed E-state index contributed by atoms with van der Waals surface area (Å²) >= 11 is 0. The van der Waals surface area contributed by atoms with Crippen LogP contribution in [0.4, 0.5) is 13.2 Å². The number of nitrogens with one attached hydrogen (secondary N) is 2. The highest BCUT2D eigenvalue weighted by Gasteiger charge is 2.33. The highest BCUT2D eigenvalue weighted by atomic mass is 19.2. The van der Waals surface area contributed by atoms with Gasteiger partial charge in [0.2, 0.25) is 5.91 Å². The van der Waals surface area contributed by atoms with Gasteiger partial charge in [0.25, 0.3) is 5.91 Å². The average Bonchev–Trinajstić information content (AvgIpc) is 2.54. The van der Waals surface area contributed by atoms with Crippen molar-refractivity contribution < 1.29 is 33.0 Å². The zero-order valence-corrected chi connectivity index (χ0v) is 14.1. The fourth-order valence-electron chi connectivity index (χ4n) is 1.84. The third kappa shape index (κ3) is 5.43. The molecule has 1 aromatic rings. The van der Waals surface area contributed by atoms with E-state index in [1.54, 1.807) is 0 Å². The van der Waals surface area contributed by atoms with Crippen LogP contribution in [-0.4, -0.2) is 47.3 Å². The fraction of sp³-hybridized carbons (Fsp3) is 0.500. The zero-order chi connectivity index (χ0) is 19.4. The Labute approximate surface area is 143 Å². The first-order chi connectivity index (χ1) is 11.5. The lowest BCUT2D eigenvalue weighted by Gasteiger charge is -2.27. The van der Waals surface area contributed by atoms with Crippen LogP contribution >= 0.6 is 0 Å². The van der Waals surface area contributed by atoms with Gasteiger partial charge in [0.15, 0.2) is 11.6 Å². The molecule has 0 aromatic heterocycles. The Hall–Kier alpha value is -2.13. The molecule has 2 atom stereocenters. The maximum Gasteiger partial charge on any atom is 0.254 e. The first kappa shape index (κ1) is 20.9. The van der Waals surface area contributed by atoms with Crippen molar-refractivity contribution in [3.8, 4) is 0 Å². The molecule has 0 unspecified atom stereocenters. The molecule has 0 heterocycles. The molecule has 9 heteroatoms. The summed E-state index contributed by atoms with van der Waals surface area (Å²) in [6.45, 7) is 3.96. The standard InChI is InChI=1S/C16H21F3N2O4/c1-8(6-20-15(25)13(23)16(2,3)7-22)21-14(24)9-4-11(18)12(19)5-10(9)17/h4-5,8,13,22-23H,6-7H2,1-3H3,(H,20,25)(H,21,24)/t8-,13-/m0/s1. The Morgan fingerprint density at radius 2 is 1.72 bits per heavy atom. The van der Waals surface area contributed by atoms with Gasteiger partial charge < -0.3 is 20.8 Å². The quantitative estimate of drug-likeness (QED) is 0.537. The monoisotopic (exact) mass is 362 g/mol. The minimum Gasteiger partial charge on any atom is -0.396 e. The number of hydrogen-bond acceptors (Lipinski definition) is 4. The Balaban J connectivity index is 2.63. The number of aliphatic hydroxyl groups excluding tert-OH is 2. The van der Waals surface area contributed by atoms with Gasteiger partial charge in [0.1, 0.15) is 11.9 Å². The second-order valence-corrected chi connectivity index (χ2v) is 6.42. The van der Waals surface area contributed by atoms with Gasteiger partial charge in [0.05, 0.1) is 12.2 Å². The largest absolute Gasteiger partial charge is 0.396 e. The maximum atomic E-state index is 13.5. The second kappa shape index (κ2) is 8.30. The summed E-state index contributed by atoms with van der Waals surface area (Å²) in [5.41, 5.74) is -1.72. The number of hydrogen-bond donors (Lipinski definition) is 4. The van der Waals surface area contributed by atoms with Crippen LogP contribution in [0.5, 0.6) is 0 Å². The van der Waals surface area contributed by atoms with E-state index in [4.69, 9.17) is 5.11 Å². The number of halogens is 3. The third-order valence-electron chi connectivity index (χ3n) is 3.61. The normalized spacial score (nSPS) is 13.9. The van der Waals surface area contributed by atoms with Crippen molar-refractivity contribution in [3.05, 3.63) is 35.1 Å². The van der Waals surface area contributed by atoms with Gasteiger partial charge >= 0.3 is 0 Å². The van der Waals surface area contributed by atoms with E-state index in [1.807, 2.05) is 0 Å². The summed E-state index contributed by atoms with van der Waals surface area (Å²) < 4.78 is 39.5. The molecule has 2 amide bonds. The molecule has 0 bridgehead atoms. The lowest BCUT2D eigenvalue weighted by Crippen LogP contribution is -2.49. The van der Waals surface area contributed by atoms with Gasteiger partial charge in [-0.15, -0.1) is 0 Å². The summed E-state index contributed by atoms with van der Waals surface area (Å²) in [4.78, 5) is 23.7. The first-order valence-electron chi connectivity index (χ1n) is 7.51. The molecule has 1 rings (SSSR count). The lowest BCUT2D eigenvalue weighted by atomic mass is 9.87. The molecule has 0 aliphatic rings. The Morgan fingerprint density at radius 3 is 2.28 bits per heavy atom. The molecule has 0 saturated heterocycles. The van der Waals surface area contributed by atoms with E-state index in [9.17, 15) is 27.9 Å². The Kier molecular flexibility index (Phi) is 6.95. The van der Waals surface area contributed by atoms with Crippen LogP contribution in [0.2, 0.25) is 0 Å². The molecule has 0 fully saturated rings. The molecule has 0 aliphatic carbocycles. The van der Waals surface area contributed by atoms with Crippen LogP contribution in [0.25, 0.3) is 0 Å². The molecule has 1 aromatic carbocycles. The molecule has 25 heavy (non-hydrogen) atoms. The van der Waals surface area contributed by atoms with E-state index >= 15 is 0 Å². The smallest absolute Gasteiger partial charge is 0.254 e. The molecule has 4 N–H and O–H groups in total. The number of carbonyl (C=O) groups is 2. The fourth-order valence-corrected chi connectivity index (χ4v) is 1.84. The van der Waals surface area contributed by atoms with E-state index in [-0.39, 0.29) is 12.6 Å². The van der Waals surface area contributed by atoms with Crippen LogP contribution in [0.1, 0.15) is 31.1 Å². The predicted molar refractivity (Wildman–Crippen MR) is 83.1 cm³/mol. The van der Waals surface area contributed by atoms with Crippen LogP contribution in [-0.2, 0) is 4.79 Å². The van der Waals surface area contributed by atoms with Crippen molar-refractivity contribution in [3.63, 3.8) is 0 Å². The summed E-state index contributed by atoms with van der Waals surface area (Å²) in [6.07, 6.45) is -1.47. The van der Waals surface area contributed by atoms with Crippen LogP contribution in [0, 0.1) is 22.9 Å². The number of amides is 2. The van der Waals surface area contributed by atoms with E-state index in [0.717, 1.165) is 0 Å². The Bertz CT molecular complexity index is 653. The van der Waals surface area contributed by atoms with Gasteiger partial charge in [0, 0.05) is 24.1 Å². The van der Waals surface area contributed by atoms with Crippen molar-refractivity contribution in [1.82, 2.24) is 10.6 Å². The van der Waals surface area contributed by atoms with Gasteiger partial charge in [-0.3, -0.25) is 9.59 Å². The molecule has 140 valence electrons. The summed E-state index contributed by atoms with van der Waals surface area (Å²) in [6, 6.07) is 0.0245. The number of benzene rings is 1. The molecular weight excluding hydrogens is 341 g/mol. The van der Waals surface area contributed by atoms with E-state index < -0.39 is 59.0 Å². The van der Waals surface area contributed by atoms with Crippen LogP contribution < -0.4 is 10.6 Å². The van der Waals surface area contributed by atoms with E-state index in [1.165, 1.54) is 20.8 Å². The third-order valence-corrected chi connectivity index (χ3v) is 3.61. The van der Waals surface area contributed by atoms with Crippen molar-refractivity contribution in [2.24, 2.45) is 5.41 Å². The average molecular weight is 362 g/mol. The summed E-state index contributed by atoms with van der Waals surface area (Å²) in [7, 11) is 0.